The molecule has 1 heterocycles. The smallest absolute Gasteiger partial charge is 0.191 e. The number of hydrogen-bond donors (Lipinski definition) is 2. The van der Waals surface area contributed by atoms with Gasteiger partial charge in [0.15, 0.2) is 5.96 Å². The monoisotopic (exact) mass is 395 g/mol. The Morgan fingerprint density at radius 2 is 1.93 bits per heavy atom. The van der Waals surface area contributed by atoms with Crippen LogP contribution < -0.4 is 20.1 Å². The van der Waals surface area contributed by atoms with Gasteiger partial charge < -0.3 is 24.7 Å². The Hall–Kier alpha value is -3.22. The maximum absolute atomic E-state index is 5.94. The Bertz CT molecular complexity index is 967. The maximum atomic E-state index is 5.94. The van der Waals surface area contributed by atoms with Crippen LogP contribution in [0.5, 0.6) is 11.5 Å². The van der Waals surface area contributed by atoms with Crippen molar-refractivity contribution in [3.8, 4) is 11.5 Å². The highest BCUT2D eigenvalue weighted by molar-refractivity contribution is 5.79. The van der Waals surface area contributed by atoms with Gasteiger partial charge in [-0.05, 0) is 38.1 Å². The number of benzene rings is 2. The Balaban J connectivity index is 1.47. The van der Waals surface area contributed by atoms with E-state index in [1.807, 2.05) is 56.3 Å². The standard InChI is InChI=1S/C22H29N5O2/c1-16(29-19-9-7-8-18(14-19)28-4)15-25-22(23-3)24-12-13-27-17(2)26-20-10-5-6-11-21(20)27/h5-11,14,16H,12-13,15H2,1-4H3,(H2,23,24,25). The topological polar surface area (TPSA) is 72.7 Å². The molecule has 3 aromatic rings. The van der Waals surface area contributed by atoms with E-state index in [2.05, 4.69) is 31.2 Å². The number of rotatable bonds is 8. The minimum atomic E-state index is -0.0273. The Morgan fingerprint density at radius 3 is 2.72 bits per heavy atom. The van der Waals surface area contributed by atoms with Gasteiger partial charge in [0.25, 0.3) is 0 Å². The van der Waals surface area contributed by atoms with Crippen LogP contribution in [-0.2, 0) is 6.54 Å². The summed E-state index contributed by atoms with van der Waals surface area (Å²) in [4.78, 5) is 8.90. The summed E-state index contributed by atoms with van der Waals surface area (Å²) in [5.41, 5.74) is 2.17. The van der Waals surface area contributed by atoms with Crippen LogP contribution in [0.1, 0.15) is 12.7 Å². The van der Waals surface area contributed by atoms with Gasteiger partial charge in [0, 0.05) is 26.2 Å². The van der Waals surface area contributed by atoms with Gasteiger partial charge in [0.2, 0.25) is 0 Å². The summed E-state index contributed by atoms with van der Waals surface area (Å²) in [5.74, 6) is 3.32. The highest BCUT2D eigenvalue weighted by Crippen LogP contribution is 2.19. The average Bonchev–Trinajstić information content (AvgIpc) is 3.05. The third-order valence-corrected chi connectivity index (χ3v) is 4.63. The van der Waals surface area contributed by atoms with E-state index >= 15 is 0 Å². The van der Waals surface area contributed by atoms with Gasteiger partial charge in [0.05, 0.1) is 24.7 Å². The molecule has 7 heteroatoms. The molecule has 0 bridgehead atoms. The largest absolute Gasteiger partial charge is 0.497 e. The van der Waals surface area contributed by atoms with Crippen molar-refractivity contribution < 1.29 is 9.47 Å². The van der Waals surface area contributed by atoms with Crippen molar-refractivity contribution in [2.24, 2.45) is 4.99 Å². The van der Waals surface area contributed by atoms with E-state index in [1.165, 1.54) is 0 Å². The van der Waals surface area contributed by atoms with E-state index in [-0.39, 0.29) is 6.10 Å². The molecule has 0 saturated heterocycles. The fourth-order valence-corrected chi connectivity index (χ4v) is 3.17. The predicted octanol–water partition coefficient (Wildman–Crippen LogP) is 2.99. The molecule has 0 saturated carbocycles. The van der Waals surface area contributed by atoms with Crippen molar-refractivity contribution in [2.75, 3.05) is 27.2 Å². The molecule has 29 heavy (non-hydrogen) atoms. The molecule has 1 unspecified atom stereocenters. The summed E-state index contributed by atoms with van der Waals surface area (Å²) in [6.45, 7) is 6.23. The van der Waals surface area contributed by atoms with Crippen LogP contribution in [0.3, 0.4) is 0 Å². The van der Waals surface area contributed by atoms with E-state index < -0.39 is 0 Å². The number of hydrogen-bond acceptors (Lipinski definition) is 4. The van der Waals surface area contributed by atoms with Crippen molar-refractivity contribution in [3.05, 3.63) is 54.4 Å². The van der Waals surface area contributed by atoms with Gasteiger partial charge >= 0.3 is 0 Å². The molecule has 3 rings (SSSR count). The second kappa shape index (κ2) is 9.82. The number of ether oxygens (including phenoxy) is 2. The summed E-state index contributed by atoms with van der Waals surface area (Å²) < 4.78 is 13.4. The first kappa shape index (κ1) is 20.5. The fraction of sp³-hybridized carbons (Fsp3) is 0.364. The summed E-state index contributed by atoms with van der Waals surface area (Å²) in [6, 6.07) is 15.8. The molecule has 0 spiro atoms. The van der Waals surface area contributed by atoms with Gasteiger partial charge in [0.1, 0.15) is 23.4 Å². The van der Waals surface area contributed by atoms with Gasteiger partial charge in [-0.15, -0.1) is 0 Å². The molecule has 0 aliphatic carbocycles. The van der Waals surface area contributed by atoms with Crippen LogP contribution in [0.25, 0.3) is 11.0 Å². The van der Waals surface area contributed by atoms with E-state index in [0.717, 1.165) is 47.4 Å². The number of fused-ring (bicyclic) bond motifs is 1. The van der Waals surface area contributed by atoms with Crippen LogP contribution in [0, 0.1) is 6.92 Å². The number of nitrogens with zero attached hydrogens (tertiary/aromatic N) is 3. The number of nitrogens with one attached hydrogen (secondary N) is 2. The molecule has 1 atom stereocenters. The second-order valence-corrected chi connectivity index (χ2v) is 6.79. The molecule has 0 amide bonds. The van der Waals surface area contributed by atoms with Crippen molar-refractivity contribution in [3.63, 3.8) is 0 Å². The molecule has 2 N–H and O–H groups in total. The molecule has 1 aromatic heterocycles. The van der Waals surface area contributed by atoms with Crippen LogP contribution in [0.15, 0.2) is 53.5 Å². The first-order chi connectivity index (χ1) is 14.1. The lowest BCUT2D eigenvalue weighted by Crippen LogP contribution is -2.42. The highest BCUT2D eigenvalue weighted by Gasteiger charge is 2.08. The molecule has 0 aliphatic heterocycles. The molecule has 7 nitrogen and oxygen atoms in total. The molecular formula is C22H29N5O2. The molecular weight excluding hydrogens is 366 g/mol. The van der Waals surface area contributed by atoms with Crippen LogP contribution in [0.4, 0.5) is 0 Å². The quantitative estimate of drug-likeness (QED) is 0.453. The predicted molar refractivity (Wildman–Crippen MR) is 117 cm³/mol. The fourth-order valence-electron chi connectivity index (χ4n) is 3.17. The lowest BCUT2D eigenvalue weighted by atomic mass is 10.3. The average molecular weight is 396 g/mol. The zero-order valence-corrected chi connectivity index (χ0v) is 17.5. The van der Waals surface area contributed by atoms with Crippen molar-refractivity contribution in [1.82, 2.24) is 20.2 Å². The summed E-state index contributed by atoms with van der Waals surface area (Å²) >= 11 is 0. The van der Waals surface area contributed by atoms with E-state index in [4.69, 9.17) is 9.47 Å². The number of aryl methyl sites for hydroxylation is 1. The zero-order valence-electron chi connectivity index (χ0n) is 17.5. The molecule has 0 fully saturated rings. The SMILES string of the molecule is CN=C(NCCn1c(C)nc2ccccc21)NCC(C)Oc1cccc(OC)c1. The lowest BCUT2D eigenvalue weighted by Gasteiger charge is -2.18. The van der Waals surface area contributed by atoms with Crippen molar-refractivity contribution >= 4 is 17.0 Å². The minimum Gasteiger partial charge on any atom is -0.497 e. The third kappa shape index (κ3) is 5.40. The number of para-hydroxylation sites is 2. The van der Waals surface area contributed by atoms with Gasteiger partial charge in [-0.3, -0.25) is 4.99 Å². The second-order valence-electron chi connectivity index (χ2n) is 6.79. The molecule has 154 valence electrons. The maximum Gasteiger partial charge on any atom is 0.191 e. The minimum absolute atomic E-state index is 0.0273. The first-order valence-corrected chi connectivity index (χ1v) is 9.78. The number of guanidine groups is 1. The number of imidazole rings is 1. The summed E-state index contributed by atoms with van der Waals surface area (Å²) in [6.07, 6.45) is -0.0273. The Labute approximate surface area is 171 Å². The summed E-state index contributed by atoms with van der Waals surface area (Å²) in [5, 5.41) is 6.66. The van der Waals surface area contributed by atoms with Crippen molar-refractivity contribution in [2.45, 2.75) is 26.5 Å². The third-order valence-electron chi connectivity index (χ3n) is 4.63. The van der Waals surface area contributed by atoms with Gasteiger partial charge in [-0.2, -0.15) is 0 Å². The van der Waals surface area contributed by atoms with Gasteiger partial charge in [-0.25, -0.2) is 4.98 Å². The number of aromatic nitrogens is 2. The zero-order chi connectivity index (χ0) is 20.6. The van der Waals surface area contributed by atoms with E-state index in [9.17, 15) is 0 Å². The van der Waals surface area contributed by atoms with Crippen molar-refractivity contribution in [1.29, 1.82) is 0 Å². The molecule has 2 aromatic carbocycles. The number of aliphatic imine (C=N–C) groups is 1. The van der Waals surface area contributed by atoms with Crippen LogP contribution >= 0.6 is 0 Å². The first-order valence-electron chi connectivity index (χ1n) is 9.78. The molecule has 0 radical (unpaired) electrons. The van der Waals surface area contributed by atoms with Crippen LogP contribution in [0.2, 0.25) is 0 Å². The number of methoxy groups -OCH3 is 1. The highest BCUT2D eigenvalue weighted by atomic mass is 16.5. The van der Waals surface area contributed by atoms with Crippen LogP contribution in [-0.4, -0.2) is 48.9 Å². The Morgan fingerprint density at radius 1 is 1.14 bits per heavy atom. The van der Waals surface area contributed by atoms with E-state index in [0.29, 0.717) is 6.54 Å². The van der Waals surface area contributed by atoms with E-state index in [1.54, 1.807) is 14.2 Å². The lowest BCUT2D eigenvalue weighted by molar-refractivity contribution is 0.223. The normalized spacial score (nSPS) is 12.6. The Kier molecular flexibility index (Phi) is 6.94. The van der Waals surface area contributed by atoms with Gasteiger partial charge in [-0.1, -0.05) is 18.2 Å². The molecule has 0 aliphatic rings. The summed E-state index contributed by atoms with van der Waals surface area (Å²) in [7, 11) is 3.41.